The molecule has 1 aliphatic heterocycles. The standard InChI is InChI=1S/C21H16O3/c22-16-20(23-24-20)21(17-10-4-1-5-11-17,18-12-6-2-7-13-18)19-14-8-3-9-15-19/h1-16H. The van der Waals surface area contributed by atoms with Crippen LogP contribution in [0.5, 0.6) is 0 Å². The highest BCUT2D eigenvalue weighted by Crippen LogP contribution is 2.54. The number of rotatable bonds is 5. The van der Waals surface area contributed by atoms with Crippen LogP contribution < -0.4 is 0 Å². The Labute approximate surface area is 140 Å². The molecule has 24 heavy (non-hydrogen) atoms. The summed E-state index contributed by atoms with van der Waals surface area (Å²) in [7, 11) is 0. The van der Waals surface area contributed by atoms with Gasteiger partial charge in [-0.05, 0) is 16.7 Å². The summed E-state index contributed by atoms with van der Waals surface area (Å²) < 4.78 is 0. The first-order valence-corrected chi connectivity index (χ1v) is 7.83. The molecule has 118 valence electrons. The molecule has 0 aliphatic carbocycles. The highest BCUT2D eigenvalue weighted by Gasteiger charge is 2.68. The number of hydrogen-bond acceptors (Lipinski definition) is 3. The third kappa shape index (κ3) is 2.03. The van der Waals surface area contributed by atoms with Gasteiger partial charge >= 0.3 is 5.79 Å². The average Bonchev–Trinajstić information content (AvgIpc) is 3.47. The van der Waals surface area contributed by atoms with Crippen LogP contribution in [-0.4, -0.2) is 12.1 Å². The van der Waals surface area contributed by atoms with Crippen LogP contribution in [0.4, 0.5) is 0 Å². The van der Waals surface area contributed by atoms with E-state index < -0.39 is 11.2 Å². The van der Waals surface area contributed by atoms with E-state index in [0.717, 1.165) is 23.0 Å². The summed E-state index contributed by atoms with van der Waals surface area (Å²) in [6, 6.07) is 29.6. The van der Waals surface area contributed by atoms with Crippen molar-refractivity contribution in [1.82, 2.24) is 0 Å². The lowest BCUT2D eigenvalue weighted by atomic mass is 9.65. The van der Waals surface area contributed by atoms with Gasteiger partial charge in [-0.15, -0.1) is 0 Å². The molecular formula is C21H16O3. The first kappa shape index (κ1) is 14.8. The summed E-state index contributed by atoms with van der Waals surface area (Å²) in [6.45, 7) is 0. The van der Waals surface area contributed by atoms with E-state index in [2.05, 4.69) is 0 Å². The molecule has 0 unspecified atom stereocenters. The smallest absolute Gasteiger partial charge is 0.297 e. The van der Waals surface area contributed by atoms with Crippen LogP contribution in [0.25, 0.3) is 0 Å². The molecule has 1 fully saturated rings. The largest absolute Gasteiger partial charge is 0.305 e. The lowest BCUT2D eigenvalue weighted by Crippen LogP contribution is -2.45. The van der Waals surface area contributed by atoms with E-state index in [0.29, 0.717) is 0 Å². The molecule has 0 atom stereocenters. The molecular weight excluding hydrogens is 300 g/mol. The second-order valence-electron chi connectivity index (χ2n) is 5.80. The lowest BCUT2D eigenvalue weighted by Gasteiger charge is -2.35. The van der Waals surface area contributed by atoms with Crippen LogP contribution in [0, 0.1) is 0 Å². The van der Waals surface area contributed by atoms with Crippen LogP contribution in [0.2, 0.25) is 0 Å². The fourth-order valence-corrected chi connectivity index (χ4v) is 3.47. The zero-order valence-electron chi connectivity index (χ0n) is 13.0. The average molecular weight is 316 g/mol. The zero-order valence-corrected chi connectivity index (χ0v) is 13.0. The highest BCUT2D eigenvalue weighted by molar-refractivity contribution is 5.73. The maximum Gasteiger partial charge on any atom is 0.305 e. The highest BCUT2D eigenvalue weighted by atomic mass is 17.4. The van der Waals surface area contributed by atoms with Crippen molar-refractivity contribution in [2.75, 3.05) is 0 Å². The Morgan fingerprint density at radius 2 is 0.958 bits per heavy atom. The molecule has 3 aromatic carbocycles. The first-order valence-electron chi connectivity index (χ1n) is 7.83. The van der Waals surface area contributed by atoms with Crippen LogP contribution in [0.1, 0.15) is 16.7 Å². The van der Waals surface area contributed by atoms with Crippen molar-refractivity contribution in [3.8, 4) is 0 Å². The Balaban J connectivity index is 2.10. The Bertz CT molecular complexity index is 728. The summed E-state index contributed by atoms with van der Waals surface area (Å²) >= 11 is 0. The first-order chi connectivity index (χ1) is 11.8. The number of aldehydes is 1. The third-order valence-electron chi connectivity index (χ3n) is 4.56. The number of carbonyl (C=O) groups excluding carboxylic acids is 1. The molecule has 1 aliphatic rings. The van der Waals surface area contributed by atoms with Crippen LogP contribution in [0.3, 0.4) is 0 Å². The maximum atomic E-state index is 12.0. The van der Waals surface area contributed by atoms with Gasteiger partial charge in [0.2, 0.25) is 0 Å². The molecule has 0 radical (unpaired) electrons. The van der Waals surface area contributed by atoms with E-state index in [1.807, 2.05) is 91.0 Å². The molecule has 1 saturated heterocycles. The minimum atomic E-state index is -1.36. The van der Waals surface area contributed by atoms with E-state index in [-0.39, 0.29) is 0 Å². The van der Waals surface area contributed by atoms with Crippen molar-refractivity contribution >= 4 is 6.29 Å². The molecule has 1 heterocycles. The predicted molar refractivity (Wildman–Crippen MR) is 90.2 cm³/mol. The van der Waals surface area contributed by atoms with Gasteiger partial charge in [-0.2, -0.15) is 9.78 Å². The van der Waals surface area contributed by atoms with E-state index >= 15 is 0 Å². The van der Waals surface area contributed by atoms with E-state index in [9.17, 15) is 4.79 Å². The van der Waals surface area contributed by atoms with E-state index in [1.54, 1.807) is 0 Å². The maximum absolute atomic E-state index is 12.0. The van der Waals surface area contributed by atoms with Gasteiger partial charge in [0, 0.05) is 0 Å². The topological polar surface area (TPSA) is 42.1 Å². The Morgan fingerprint density at radius 3 is 1.21 bits per heavy atom. The van der Waals surface area contributed by atoms with Gasteiger partial charge in [-0.1, -0.05) is 91.0 Å². The molecule has 3 heteroatoms. The van der Waals surface area contributed by atoms with Gasteiger partial charge < -0.3 is 0 Å². The normalized spacial score (nSPS) is 15.7. The Hall–Kier alpha value is -2.75. The summed E-state index contributed by atoms with van der Waals surface area (Å²) in [6.07, 6.45) is 0.750. The molecule has 3 nitrogen and oxygen atoms in total. The summed E-state index contributed by atoms with van der Waals surface area (Å²) in [4.78, 5) is 22.6. The van der Waals surface area contributed by atoms with Gasteiger partial charge in [0.15, 0.2) is 6.29 Å². The molecule has 0 aromatic heterocycles. The molecule has 0 bridgehead atoms. The van der Waals surface area contributed by atoms with Gasteiger partial charge in [-0.3, -0.25) is 4.79 Å². The van der Waals surface area contributed by atoms with Crippen molar-refractivity contribution < 1.29 is 14.6 Å². The van der Waals surface area contributed by atoms with Crippen molar-refractivity contribution in [3.05, 3.63) is 108 Å². The van der Waals surface area contributed by atoms with E-state index in [1.165, 1.54) is 0 Å². The SMILES string of the molecule is O=CC1(C(c2ccccc2)(c2ccccc2)c2ccccc2)OO1. The van der Waals surface area contributed by atoms with Gasteiger partial charge in [0.1, 0.15) is 5.41 Å². The van der Waals surface area contributed by atoms with Crippen molar-refractivity contribution in [1.29, 1.82) is 0 Å². The van der Waals surface area contributed by atoms with Gasteiger partial charge in [0.05, 0.1) is 0 Å². The van der Waals surface area contributed by atoms with Gasteiger partial charge in [0.25, 0.3) is 0 Å². The lowest BCUT2D eigenvalue weighted by molar-refractivity contribution is -0.114. The van der Waals surface area contributed by atoms with Gasteiger partial charge in [-0.25, -0.2) is 0 Å². The monoisotopic (exact) mass is 316 g/mol. The minimum Gasteiger partial charge on any atom is -0.297 e. The summed E-state index contributed by atoms with van der Waals surface area (Å²) in [5.41, 5.74) is 1.93. The fourth-order valence-electron chi connectivity index (χ4n) is 3.47. The number of benzene rings is 3. The minimum absolute atomic E-state index is 0.750. The zero-order chi connectivity index (χ0) is 16.5. The predicted octanol–water partition coefficient (Wildman–Crippen LogP) is 3.88. The van der Waals surface area contributed by atoms with Crippen LogP contribution >= 0.6 is 0 Å². The quantitative estimate of drug-likeness (QED) is 0.310. The molecule has 3 aromatic rings. The molecule has 0 amide bonds. The molecule has 0 saturated carbocycles. The Morgan fingerprint density at radius 1 is 0.625 bits per heavy atom. The third-order valence-corrected chi connectivity index (χ3v) is 4.56. The summed E-state index contributed by atoms with van der Waals surface area (Å²) in [5.74, 6) is -1.36. The van der Waals surface area contributed by atoms with Crippen molar-refractivity contribution in [2.24, 2.45) is 0 Å². The Kier molecular flexibility index (Phi) is 3.53. The molecule has 0 spiro atoms. The molecule has 0 N–H and O–H groups in total. The van der Waals surface area contributed by atoms with Crippen molar-refractivity contribution in [3.63, 3.8) is 0 Å². The number of hydrogen-bond donors (Lipinski definition) is 0. The molecule has 4 rings (SSSR count). The van der Waals surface area contributed by atoms with Crippen LogP contribution in [0.15, 0.2) is 91.0 Å². The second-order valence-corrected chi connectivity index (χ2v) is 5.80. The van der Waals surface area contributed by atoms with Crippen molar-refractivity contribution in [2.45, 2.75) is 11.2 Å². The second kappa shape index (κ2) is 5.71. The number of carbonyl (C=O) groups is 1. The summed E-state index contributed by atoms with van der Waals surface area (Å²) in [5, 5.41) is 0. The van der Waals surface area contributed by atoms with E-state index in [4.69, 9.17) is 9.78 Å². The van der Waals surface area contributed by atoms with Crippen LogP contribution in [-0.2, 0) is 20.0 Å². The fraction of sp³-hybridized carbons (Fsp3) is 0.0952.